The summed E-state index contributed by atoms with van der Waals surface area (Å²) in [7, 11) is 0. The lowest BCUT2D eigenvalue weighted by atomic mass is 10.0. The molecule has 2 nitrogen and oxygen atoms in total. The van der Waals surface area contributed by atoms with Crippen LogP contribution in [0, 0.1) is 6.92 Å². The number of rotatable bonds is 2. The van der Waals surface area contributed by atoms with Crippen LogP contribution in [0.3, 0.4) is 0 Å². The number of nitrogens with zero attached hydrogens (tertiary/aromatic N) is 1. The lowest BCUT2D eigenvalue weighted by Gasteiger charge is -2.03. The number of aryl methyl sites for hydroxylation is 1. The fraction of sp³-hybridized carbons (Fsp3) is 0.0500. The van der Waals surface area contributed by atoms with Gasteiger partial charge in [0.2, 0.25) is 0 Å². The van der Waals surface area contributed by atoms with Gasteiger partial charge in [0.05, 0.1) is 5.69 Å². The van der Waals surface area contributed by atoms with Crippen molar-refractivity contribution in [3.8, 4) is 22.6 Å². The summed E-state index contributed by atoms with van der Waals surface area (Å²) < 4.78 is 0. The van der Waals surface area contributed by atoms with E-state index in [9.17, 15) is 0 Å². The Hall–Kier alpha value is -2.87. The third-order valence-corrected chi connectivity index (χ3v) is 3.97. The molecule has 0 atom stereocenters. The van der Waals surface area contributed by atoms with E-state index in [1.54, 1.807) is 0 Å². The zero-order valence-corrected chi connectivity index (χ0v) is 12.4. The van der Waals surface area contributed by atoms with E-state index in [-0.39, 0.29) is 0 Å². The van der Waals surface area contributed by atoms with Gasteiger partial charge in [-0.05, 0) is 17.7 Å². The smallest absolute Gasteiger partial charge is 0.138 e. The lowest BCUT2D eigenvalue weighted by molar-refractivity contribution is 1.32. The standard InChI is InChI=1S/C20H16N2/c1-14-9-11-16(12-10-14)19-13-21-20(22-19)18-8-4-6-15-5-2-3-7-17(15)18/h2-13H,1H3,(H,21,22). The van der Waals surface area contributed by atoms with Crippen molar-refractivity contribution in [2.75, 3.05) is 0 Å². The molecule has 1 aromatic heterocycles. The predicted octanol–water partition coefficient (Wildman–Crippen LogP) is 5.21. The molecule has 0 saturated heterocycles. The first kappa shape index (κ1) is 12.8. The van der Waals surface area contributed by atoms with Crippen LogP contribution in [0.4, 0.5) is 0 Å². The number of aromatic amines is 1. The summed E-state index contributed by atoms with van der Waals surface area (Å²) in [6.07, 6.45) is 1.97. The number of hydrogen-bond donors (Lipinski definition) is 1. The lowest BCUT2D eigenvalue weighted by Crippen LogP contribution is -1.84. The fourth-order valence-corrected chi connectivity index (χ4v) is 2.76. The minimum atomic E-state index is 0.910. The molecular formula is C20H16N2. The quantitative estimate of drug-likeness (QED) is 0.538. The Kier molecular flexibility index (Phi) is 3.01. The van der Waals surface area contributed by atoms with Crippen LogP contribution >= 0.6 is 0 Å². The highest BCUT2D eigenvalue weighted by Crippen LogP contribution is 2.28. The number of nitrogens with one attached hydrogen (secondary N) is 1. The Morgan fingerprint density at radius 3 is 2.45 bits per heavy atom. The highest BCUT2D eigenvalue weighted by Gasteiger charge is 2.08. The Labute approximate surface area is 129 Å². The third kappa shape index (κ3) is 2.19. The SMILES string of the molecule is Cc1ccc(-c2c[nH]c(-c3cccc4ccccc34)n2)cc1. The van der Waals surface area contributed by atoms with Crippen LogP contribution < -0.4 is 0 Å². The average molecular weight is 284 g/mol. The normalized spacial score (nSPS) is 11.0. The van der Waals surface area contributed by atoms with Crippen molar-refractivity contribution in [1.82, 2.24) is 9.97 Å². The molecule has 0 unspecified atom stereocenters. The van der Waals surface area contributed by atoms with Crippen molar-refractivity contribution in [1.29, 1.82) is 0 Å². The molecule has 1 heterocycles. The minimum Gasteiger partial charge on any atom is -0.344 e. The second-order valence-electron chi connectivity index (χ2n) is 5.53. The molecular weight excluding hydrogens is 268 g/mol. The minimum absolute atomic E-state index is 0.910. The highest BCUT2D eigenvalue weighted by molar-refractivity contribution is 5.95. The summed E-state index contributed by atoms with van der Waals surface area (Å²) in [5, 5.41) is 2.45. The molecule has 0 amide bonds. The number of imidazole rings is 1. The molecule has 4 rings (SSSR count). The van der Waals surface area contributed by atoms with E-state index in [0.717, 1.165) is 22.6 Å². The van der Waals surface area contributed by atoms with Gasteiger partial charge in [0.15, 0.2) is 0 Å². The van der Waals surface area contributed by atoms with Gasteiger partial charge in [-0.1, -0.05) is 72.3 Å². The number of H-pyrrole nitrogens is 1. The predicted molar refractivity (Wildman–Crippen MR) is 91.7 cm³/mol. The number of benzene rings is 3. The summed E-state index contributed by atoms with van der Waals surface area (Å²) in [6.45, 7) is 2.09. The van der Waals surface area contributed by atoms with E-state index >= 15 is 0 Å². The Balaban J connectivity index is 1.82. The van der Waals surface area contributed by atoms with Gasteiger partial charge < -0.3 is 4.98 Å². The van der Waals surface area contributed by atoms with Gasteiger partial charge in [0.1, 0.15) is 5.82 Å². The molecule has 0 aliphatic rings. The van der Waals surface area contributed by atoms with E-state index in [1.807, 2.05) is 6.20 Å². The first-order valence-corrected chi connectivity index (χ1v) is 7.42. The maximum absolute atomic E-state index is 4.77. The van der Waals surface area contributed by atoms with Gasteiger partial charge in [-0.3, -0.25) is 0 Å². The first-order chi connectivity index (χ1) is 10.8. The molecule has 0 aliphatic carbocycles. The molecule has 0 spiro atoms. The Bertz CT molecular complexity index is 928. The van der Waals surface area contributed by atoms with Crippen LogP contribution in [0.2, 0.25) is 0 Å². The van der Waals surface area contributed by atoms with Crippen molar-refractivity contribution in [2.24, 2.45) is 0 Å². The van der Waals surface area contributed by atoms with E-state index in [0.29, 0.717) is 0 Å². The largest absolute Gasteiger partial charge is 0.344 e. The van der Waals surface area contributed by atoms with Crippen LogP contribution in [0.5, 0.6) is 0 Å². The molecule has 3 aromatic carbocycles. The van der Waals surface area contributed by atoms with E-state index < -0.39 is 0 Å². The van der Waals surface area contributed by atoms with Crippen LogP contribution in [0.15, 0.2) is 72.9 Å². The molecule has 0 radical (unpaired) electrons. The molecule has 22 heavy (non-hydrogen) atoms. The molecule has 2 heteroatoms. The van der Waals surface area contributed by atoms with Gasteiger partial charge in [0, 0.05) is 17.3 Å². The van der Waals surface area contributed by atoms with Gasteiger partial charge >= 0.3 is 0 Å². The fourth-order valence-electron chi connectivity index (χ4n) is 2.76. The number of hydrogen-bond acceptors (Lipinski definition) is 1. The molecule has 0 fully saturated rings. The van der Waals surface area contributed by atoms with Gasteiger partial charge in [-0.25, -0.2) is 4.98 Å². The molecule has 0 bridgehead atoms. The van der Waals surface area contributed by atoms with Gasteiger partial charge in [-0.2, -0.15) is 0 Å². The van der Waals surface area contributed by atoms with Gasteiger partial charge in [0.25, 0.3) is 0 Å². The van der Waals surface area contributed by atoms with Crippen LogP contribution in [0.1, 0.15) is 5.56 Å². The Morgan fingerprint density at radius 2 is 1.59 bits per heavy atom. The zero-order chi connectivity index (χ0) is 14.9. The van der Waals surface area contributed by atoms with Crippen LogP contribution in [-0.4, -0.2) is 9.97 Å². The topological polar surface area (TPSA) is 28.7 Å². The summed E-state index contributed by atoms with van der Waals surface area (Å²) in [5.74, 6) is 0.910. The summed E-state index contributed by atoms with van der Waals surface area (Å²) >= 11 is 0. The van der Waals surface area contributed by atoms with Crippen molar-refractivity contribution in [3.05, 3.63) is 78.5 Å². The molecule has 0 aliphatic heterocycles. The maximum atomic E-state index is 4.77. The van der Waals surface area contributed by atoms with Crippen LogP contribution in [0.25, 0.3) is 33.4 Å². The number of aromatic nitrogens is 2. The zero-order valence-electron chi connectivity index (χ0n) is 12.4. The average Bonchev–Trinajstić information content (AvgIpc) is 3.05. The van der Waals surface area contributed by atoms with Gasteiger partial charge in [-0.15, -0.1) is 0 Å². The molecule has 0 saturated carbocycles. The van der Waals surface area contributed by atoms with Crippen molar-refractivity contribution in [2.45, 2.75) is 6.92 Å². The second-order valence-corrected chi connectivity index (χ2v) is 5.53. The summed E-state index contributed by atoms with van der Waals surface area (Å²) in [4.78, 5) is 8.09. The van der Waals surface area contributed by atoms with Crippen molar-refractivity contribution < 1.29 is 0 Å². The summed E-state index contributed by atoms with van der Waals surface area (Å²) in [5.41, 5.74) is 4.50. The monoisotopic (exact) mass is 284 g/mol. The highest BCUT2D eigenvalue weighted by atomic mass is 14.9. The molecule has 106 valence electrons. The maximum Gasteiger partial charge on any atom is 0.138 e. The van der Waals surface area contributed by atoms with E-state index in [4.69, 9.17) is 4.98 Å². The summed E-state index contributed by atoms with van der Waals surface area (Å²) in [6, 6.07) is 23.2. The molecule has 1 N–H and O–H groups in total. The van der Waals surface area contributed by atoms with Crippen molar-refractivity contribution >= 4 is 10.8 Å². The van der Waals surface area contributed by atoms with Crippen molar-refractivity contribution in [3.63, 3.8) is 0 Å². The number of fused-ring (bicyclic) bond motifs is 1. The second kappa shape index (κ2) is 5.15. The third-order valence-electron chi connectivity index (χ3n) is 3.97. The van der Waals surface area contributed by atoms with E-state index in [2.05, 4.69) is 78.6 Å². The van der Waals surface area contributed by atoms with E-state index in [1.165, 1.54) is 16.3 Å². The Morgan fingerprint density at radius 1 is 0.818 bits per heavy atom. The molecule has 4 aromatic rings. The first-order valence-electron chi connectivity index (χ1n) is 7.42. The van der Waals surface area contributed by atoms with Crippen LogP contribution in [-0.2, 0) is 0 Å².